The Morgan fingerprint density at radius 3 is 1.11 bits per heavy atom. The van der Waals surface area contributed by atoms with Gasteiger partial charge in [0.2, 0.25) is 0 Å². The molecule has 0 saturated carbocycles. The molecule has 0 heterocycles. The maximum absolute atomic E-state index is 2.34. The summed E-state index contributed by atoms with van der Waals surface area (Å²) in [4.78, 5) is 0. The third kappa shape index (κ3) is 12.3. The van der Waals surface area contributed by atoms with E-state index in [4.69, 9.17) is 0 Å². The van der Waals surface area contributed by atoms with E-state index in [1.807, 2.05) is 6.07 Å². The van der Waals surface area contributed by atoms with E-state index in [1.54, 1.807) is 0 Å². The normalized spacial score (nSPS) is 9.77. The fraction of sp³-hybridized carbons (Fsp3) is 0.102. The molecule has 0 aliphatic carbocycles. The van der Waals surface area contributed by atoms with Crippen molar-refractivity contribution < 1.29 is 105 Å². The van der Waals surface area contributed by atoms with Gasteiger partial charge in [-0.2, -0.15) is 12.1 Å². The van der Waals surface area contributed by atoms with Crippen LogP contribution in [0.25, 0.3) is 65.3 Å². The second-order valence-electron chi connectivity index (χ2n) is 12.7. The van der Waals surface area contributed by atoms with Crippen LogP contribution in [0.15, 0.2) is 176 Å². The third-order valence-corrected chi connectivity index (χ3v) is 10.6. The predicted molar refractivity (Wildman–Crippen MR) is 236 cm³/mol. The molecule has 7 heteroatoms. The Labute approximate surface area is 424 Å². The molecule has 0 fully saturated rings. The second-order valence-corrected chi connectivity index (χ2v) is 13.8. The molecule has 0 atom stereocenters. The summed E-state index contributed by atoms with van der Waals surface area (Å²) in [6.45, 7) is 6.62. The minimum atomic E-state index is 0. The largest absolute Gasteiger partial charge is 0.164 e. The van der Waals surface area contributed by atoms with E-state index in [-0.39, 0.29) is 130 Å². The van der Waals surface area contributed by atoms with Crippen molar-refractivity contribution in [3.63, 3.8) is 0 Å². The molecule has 0 aromatic heterocycles. The molecule has 9 aromatic carbocycles. The monoisotopic (exact) mass is 1090 g/mol. The van der Waals surface area contributed by atoms with E-state index < -0.39 is 0 Å². The molecule has 9 rings (SSSR count). The quantitative estimate of drug-likeness (QED) is 0.119. The van der Waals surface area contributed by atoms with Crippen LogP contribution < -0.4 is 5.19 Å². The summed E-state index contributed by atoms with van der Waals surface area (Å²) in [6, 6.07) is 63.4. The predicted octanol–water partition coefficient (Wildman–Crippen LogP) is 13.8. The first-order valence-corrected chi connectivity index (χ1v) is 19.2. The van der Waals surface area contributed by atoms with Crippen LogP contribution in [0.4, 0.5) is 0 Å². The fourth-order valence-corrected chi connectivity index (χ4v) is 7.52. The summed E-state index contributed by atoms with van der Waals surface area (Å²) >= 11 is 0. The molecular formula is C49H44Cl2SiZr4-2. The number of hydrogen-bond donors (Lipinski definition) is 0. The Morgan fingerprint density at radius 2 is 0.732 bits per heavy atom. The topological polar surface area (TPSA) is 0 Å². The summed E-state index contributed by atoms with van der Waals surface area (Å²) in [6.07, 6.45) is 2.17. The van der Waals surface area contributed by atoms with E-state index in [0.29, 0.717) is 0 Å². The molecule has 276 valence electrons. The molecule has 0 aliphatic heterocycles. The maximum Gasteiger partial charge on any atom is 0.0773 e. The van der Waals surface area contributed by atoms with Gasteiger partial charge in [0.25, 0.3) is 0 Å². The molecule has 56 heavy (non-hydrogen) atoms. The van der Waals surface area contributed by atoms with Gasteiger partial charge >= 0.3 is 0 Å². The van der Waals surface area contributed by atoms with Gasteiger partial charge in [0, 0.05) is 105 Å². The Kier molecular flexibility index (Phi) is 24.4. The van der Waals surface area contributed by atoms with Crippen molar-refractivity contribution in [1.29, 1.82) is 0 Å². The Balaban J connectivity index is 0.000000431. The number of fused-ring (bicyclic) bond motifs is 4. The van der Waals surface area contributed by atoms with Crippen LogP contribution in [-0.2, 0) is 118 Å². The van der Waals surface area contributed by atoms with Crippen LogP contribution in [0.3, 0.4) is 0 Å². The van der Waals surface area contributed by atoms with Gasteiger partial charge in [-0.15, -0.1) is 93.9 Å². The van der Waals surface area contributed by atoms with Gasteiger partial charge in [-0.25, -0.2) is 0 Å². The number of halogens is 2. The third-order valence-electron chi connectivity index (χ3n) is 9.66. The number of aryl methyl sites for hydroxylation is 2. The summed E-state index contributed by atoms with van der Waals surface area (Å²) in [5.41, 5.74) is 8.15. The molecule has 0 unspecified atom stereocenters. The summed E-state index contributed by atoms with van der Waals surface area (Å²) < 4.78 is 0. The van der Waals surface area contributed by atoms with Gasteiger partial charge in [0.05, 0.1) is 9.52 Å². The van der Waals surface area contributed by atoms with Gasteiger partial charge in [0.15, 0.2) is 0 Å². The first-order chi connectivity index (χ1) is 24.7. The summed E-state index contributed by atoms with van der Waals surface area (Å²) in [7, 11) is 0.930. The van der Waals surface area contributed by atoms with Gasteiger partial charge in [0.1, 0.15) is 0 Å². The fourth-order valence-electron chi connectivity index (χ4n) is 7.00. The average molecular weight is 1100 g/mol. The van der Waals surface area contributed by atoms with Gasteiger partial charge in [-0.1, -0.05) is 164 Å². The van der Waals surface area contributed by atoms with Crippen molar-refractivity contribution in [3.8, 4) is 22.3 Å². The van der Waals surface area contributed by atoms with Crippen molar-refractivity contribution in [1.82, 2.24) is 0 Å². The zero-order valence-corrected chi connectivity index (χ0v) is 44.4. The average Bonchev–Trinajstić information content (AvgIpc) is 3.83. The molecule has 2 radical (unpaired) electrons. The van der Waals surface area contributed by atoms with E-state index in [2.05, 4.69) is 190 Å². The number of benzene rings is 7. The van der Waals surface area contributed by atoms with Crippen molar-refractivity contribution in [2.75, 3.05) is 0 Å². The van der Waals surface area contributed by atoms with Crippen LogP contribution in [0.2, 0.25) is 6.55 Å². The molecular weight excluding hydrogens is 1050 g/mol. The molecule has 0 aliphatic rings. The van der Waals surface area contributed by atoms with E-state index in [0.717, 1.165) is 22.4 Å². The Bertz CT molecular complexity index is 2360. The van der Waals surface area contributed by atoms with E-state index in [9.17, 15) is 0 Å². The first kappa shape index (κ1) is 52.6. The van der Waals surface area contributed by atoms with Crippen molar-refractivity contribution in [3.05, 3.63) is 187 Å². The van der Waals surface area contributed by atoms with Gasteiger partial charge in [-0.3, -0.25) is 0 Å². The van der Waals surface area contributed by atoms with Crippen LogP contribution in [0.1, 0.15) is 25.0 Å². The van der Waals surface area contributed by atoms with Crippen molar-refractivity contribution >= 4 is 82.6 Å². The molecule has 0 nitrogen and oxygen atoms in total. The van der Waals surface area contributed by atoms with Crippen LogP contribution in [0.5, 0.6) is 0 Å². The van der Waals surface area contributed by atoms with Crippen molar-refractivity contribution in [2.24, 2.45) is 0 Å². The maximum atomic E-state index is 2.34. The van der Waals surface area contributed by atoms with Crippen molar-refractivity contribution in [2.45, 2.75) is 33.2 Å². The standard InChI is InChI=1S/2C21H17.C7H8Si.2ClH.4Zr/c2*1-2-15-13-17-9-6-12-20(21(17)14-15)19-11-5-8-16-7-3-4-10-18(16)19;1-8-7-5-3-2-4-6-7;;;;;;/h2*3-14H,2H2,1H3;2-6H,1H3;2*1H;;;;/q2*-1;;;;;;;. The first-order valence-electron chi connectivity index (χ1n) is 17.7. The summed E-state index contributed by atoms with van der Waals surface area (Å²) in [5, 5.41) is 12.1. The molecule has 9 aromatic rings. The second kappa shape index (κ2) is 26.0. The molecule has 0 bridgehead atoms. The number of rotatable bonds is 5. The SMILES string of the molecule is CCc1cc2c(-c3cccc4ccccc34)cccc2[cH-]1.CCc1cc2c(-c3cccc4ccccc34)cccc2[cH-]1.C[Si]c1ccccc1.Cl.Cl.[Zr].[Zr].[Zr].[Zr]. The van der Waals surface area contributed by atoms with Gasteiger partial charge in [-0.05, 0) is 45.5 Å². The smallest absolute Gasteiger partial charge is 0.0773 e. The minimum Gasteiger partial charge on any atom is -0.164 e. The van der Waals surface area contributed by atoms with Crippen LogP contribution >= 0.6 is 24.8 Å². The Morgan fingerprint density at radius 1 is 0.393 bits per heavy atom. The van der Waals surface area contributed by atoms with Crippen LogP contribution in [0, 0.1) is 0 Å². The molecule has 0 spiro atoms. The molecule has 0 saturated heterocycles. The number of hydrogen-bond acceptors (Lipinski definition) is 0. The van der Waals surface area contributed by atoms with Gasteiger partial charge < -0.3 is 0 Å². The van der Waals surface area contributed by atoms with Crippen LogP contribution in [-0.4, -0.2) is 9.52 Å². The summed E-state index contributed by atoms with van der Waals surface area (Å²) in [5.74, 6) is 0. The zero-order chi connectivity index (χ0) is 34.3. The minimum absolute atomic E-state index is 0. The molecule has 0 N–H and O–H groups in total. The van der Waals surface area contributed by atoms with E-state index in [1.165, 1.54) is 81.7 Å². The zero-order valence-electron chi connectivity index (χ0n) is 32.0. The van der Waals surface area contributed by atoms with E-state index >= 15 is 0 Å². The Hall–Kier alpha value is -1.39. The molecule has 0 amide bonds.